The van der Waals surface area contributed by atoms with Crippen LogP contribution in [0, 0.1) is 0 Å². The van der Waals surface area contributed by atoms with E-state index in [1.165, 1.54) is 6.04 Å². The third-order valence-corrected chi connectivity index (χ3v) is 10.7. The van der Waals surface area contributed by atoms with Crippen LogP contribution in [0.1, 0.15) is 0 Å². The Morgan fingerprint density at radius 2 is 1.35 bits per heavy atom. The van der Waals surface area contributed by atoms with Crippen LogP contribution in [0.25, 0.3) is 0 Å². The van der Waals surface area contributed by atoms with E-state index >= 15 is 0 Å². The summed E-state index contributed by atoms with van der Waals surface area (Å²) in [6.45, 7) is 9.52. The quantitative estimate of drug-likeness (QED) is 0.540. The molecule has 4 heteroatoms. The number of rotatable bonds is 6. The Morgan fingerprint density at radius 3 is 1.76 bits per heavy atom. The molecule has 0 radical (unpaired) electrons. The Hall–Kier alpha value is -0.166. The van der Waals surface area contributed by atoms with Crippen molar-refractivity contribution >= 4 is 16.5 Å². The zero-order chi connectivity index (χ0) is 13.7. The number of nitrogens with zero attached hydrogens (tertiary/aromatic N) is 2. The normalized spacial score (nSPS) is 14.7. The van der Waals surface area contributed by atoms with Crippen molar-refractivity contribution in [2.24, 2.45) is 0 Å². The molecule has 0 fully saturated rings. The molecule has 0 atom stereocenters. The molecular formula is C13H30N2Si2. The summed E-state index contributed by atoms with van der Waals surface area (Å²) in [5.74, 6) is 0. The van der Waals surface area contributed by atoms with Crippen LogP contribution in [0.5, 0.6) is 0 Å². The molecule has 0 saturated heterocycles. The van der Waals surface area contributed by atoms with E-state index in [1.807, 2.05) is 0 Å². The van der Waals surface area contributed by atoms with Crippen molar-refractivity contribution in [3.63, 3.8) is 0 Å². The largest absolute Gasteiger partial charge is 0.329 e. The lowest BCUT2D eigenvalue weighted by Gasteiger charge is -2.28. The summed E-state index contributed by atoms with van der Waals surface area (Å²) >= 11 is 0. The van der Waals surface area contributed by atoms with E-state index in [1.54, 1.807) is 0 Å². The summed E-state index contributed by atoms with van der Waals surface area (Å²) in [5, 5.41) is 0. The van der Waals surface area contributed by atoms with Gasteiger partial charge in [-0.2, -0.15) is 0 Å². The Bertz CT molecular complexity index is 279. The van der Waals surface area contributed by atoms with Gasteiger partial charge in [-0.3, -0.25) is 0 Å². The molecule has 0 aromatic heterocycles. The minimum atomic E-state index is -1.30. The molecule has 0 aliphatic rings. The molecule has 0 rings (SSSR count). The number of hydrogen-bond acceptors (Lipinski definition) is 2. The van der Waals surface area contributed by atoms with E-state index in [0.717, 1.165) is 0 Å². The van der Waals surface area contributed by atoms with Crippen molar-refractivity contribution in [1.29, 1.82) is 0 Å². The fourth-order valence-electron chi connectivity index (χ4n) is 1.06. The lowest BCUT2D eigenvalue weighted by Crippen LogP contribution is -2.42. The molecule has 17 heavy (non-hydrogen) atoms. The van der Waals surface area contributed by atoms with Crippen molar-refractivity contribution in [3.8, 4) is 0 Å². The molecule has 100 valence electrons. The molecule has 2 nitrogen and oxygen atoms in total. The molecule has 0 aromatic rings. The second-order valence-electron chi connectivity index (χ2n) is 6.25. The Labute approximate surface area is 110 Å². The van der Waals surface area contributed by atoms with Crippen molar-refractivity contribution in [2.75, 3.05) is 28.2 Å². The van der Waals surface area contributed by atoms with Gasteiger partial charge in [-0.1, -0.05) is 50.1 Å². The highest BCUT2D eigenvalue weighted by Crippen LogP contribution is 2.12. The summed E-state index contributed by atoms with van der Waals surface area (Å²) in [5.41, 5.74) is 2.38. The summed E-state index contributed by atoms with van der Waals surface area (Å²) in [6, 6.07) is 1.22. The van der Waals surface area contributed by atoms with Crippen LogP contribution < -0.4 is 0 Å². The fraction of sp³-hybridized carbons (Fsp3) is 0.692. The molecule has 0 N–H and O–H groups in total. The van der Waals surface area contributed by atoms with E-state index in [4.69, 9.17) is 0 Å². The van der Waals surface area contributed by atoms with Gasteiger partial charge >= 0.3 is 0 Å². The maximum absolute atomic E-state index is 2.40. The lowest BCUT2D eigenvalue weighted by atomic mass is 10.5. The van der Waals surface area contributed by atoms with Crippen LogP contribution in [-0.4, -0.2) is 53.8 Å². The van der Waals surface area contributed by atoms with Crippen LogP contribution in [0.3, 0.4) is 0 Å². The minimum absolute atomic E-state index is 1.18. The van der Waals surface area contributed by atoms with Gasteiger partial charge in [0.05, 0.1) is 0 Å². The Kier molecular flexibility index (Phi) is 6.62. The first-order valence-electron chi connectivity index (χ1n) is 6.29. The molecule has 0 aromatic carbocycles. The standard InChI is InChI=1S/C13H30N2Si2/c1-14(2)16(5,6)12-10-9-11-13-17(7,8)15(3)4/h9-12H,13H2,1-8H3/b11-9+,12-10+. The molecule has 0 aliphatic carbocycles. The molecular weight excluding hydrogens is 240 g/mol. The van der Waals surface area contributed by atoms with Gasteiger partial charge in [0.1, 0.15) is 16.5 Å². The average molecular weight is 271 g/mol. The van der Waals surface area contributed by atoms with Gasteiger partial charge in [-0.25, -0.2) is 0 Å². The highest BCUT2D eigenvalue weighted by Gasteiger charge is 2.21. The van der Waals surface area contributed by atoms with E-state index in [2.05, 4.69) is 87.4 Å². The summed E-state index contributed by atoms with van der Waals surface area (Å²) in [4.78, 5) is 0. The molecule has 0 saturated carbocycles. The van der Waals surface area contributed by atoms with Gasteiger partial charge < -0.3 is 9.13 Å². The number of allylic oxidation sites excluding steroid dienone is 3. The number of hydrogen-bond donors (Lipinski definition) is 0. The predicted molar refractivity (Wildman–Crippen MR) is 85.4 cm³/mol. The van der Waals surface area contributed by atoms with Crippen molar-refractivity contribution in [2.45, 2.75) is 32.2 Å². The molecule has 0 aliphatic heterocycles. The van der Waals surface area contributed by atoms with Gasteiger partial charge in [-0.15, -0.1) is 0 Å². The topological polar surface area (TPSA) is 6.48 Å². The van der Waals surface area contributed by atoms with Crippen LogP contribution in [0.2, 0.25) is 32.2 Å². The van der Waals surface area contributed by atoms with Gasteiger partial charge in [0, 0.05) is 0 Å². The highest BCUT2D eigenvalue weighted by molar-refractivity contribution is 6.79. The van der Waals surface area contributed by atoms with Crippen molar-refractivity contribution in [1.82, 2.24) is 9.13 Å². The molecule has 0 spiro atoms. The first-order chi connectivity index (χ1) is 7.59. The predicted octanol–water partition coefficient (Wildman–Crippen LogP) is 3.17. The first kappa shape index (κ1) is 16.8. The zero-order valence-electron chi connectivity index (χ0n) is 12.9. The second-order valence-corrected chi connectivity index (χ2v) is 15.7. The molecule has 0 unspecified atom stereocenters. The lowest BCUT2D eigenvalue weighted by molar-refractivity contribution is 0.622. The van der Waals surface area contributed by atoms with Crippen molar-refractivity contribution in [3.05, 3.63) is 23.9 Å². The van der Waals surface area contributed by atoms with Crippen LogP contribution in [0.4, 0.5) is 0 Å². The van der Waals surface area contributed by atoms with E-state index in [-0.39, 0.29) is 0 Å². The maximum atomic E-state index is 2.40. The zero-order valence-corrected chi connectivity index (χ0v) is 14.9. The Balaban J connectivity index is 4.27. The van der Waals surface area contributed by atoms with E-state index < -0.39 is 16.5 Å². The summed E-state index contributed by atoms with van der Waals surface area (Å²) in [6.07, 6.45) is 6.77. The smallest absolute Gasteiger partial charge is 0.146 e. The average Bonchev–Trinajstić information content (AvgIpc) is 2.16. The highest BCUT2D eigenvalue weighted by atomic mass is 28.3. The van der Waals surface area contributed by atoms with E-state index in [0.29, 0.717) is 0 Å². The van der Waals surface area contributed by atoms with Crippen LogP contribution >= 0.6 is 0 Å². The van der Waals surface area contributed by atoms with Crippen LogP contribution in [-0.2, 0) is 0 Å². The monoisotopic (exact) mass is 270 g/mol. The Morgan fingerprint density at radius 1 is 0.824 bits per heavy atom. The van der Waals surface area contributed by atoms with E-state index in [9.17, 15) is 0 Å². The summed E-state index contributed by atoms with van der Waals surface area (Å²) < 4.78 is 4.76. The minimum Gasteiger partial charge on any atom is -0.329 e. The SMILES string of the molecule is CN(C)[Si](C)(C)/C=C/C=C/C[Si](C)(C)N(C)C. The summed E-state index contributed by atoms with van der Waals surface area (Å²) in [7, 11) is 6.24. The fourth-order valence-corrected chi connectivity index (χ4v) is 3.02. The molecule has 0 amide bonds. The first-order valence-corrected chi connectivity index (χ1v) is 12.5. The van der Waals surface area contributed by atoms with Gasteiger partial charge in [0.15, 0.2) is 0 Å². The van der Waals surface area contributed by atoms with Crippen LogP contribution in [0.15, 0.2) is 23.9 Å². The van der Waals surface area contributed by atoms with Crippen molar-refractivity contribution < 1.29 is 0 Å². The molecule has 0 heterocycles. The van der Waals surface area contributed by atoms with Gasteiger partial charge in [0.25, 0.3) is 0 Å². The molecule has 0 bridgehead atoms. The maximum Gasteiger partial charge on any atom is 0.146 e. The second kappa shape index (κ2) is 6.68. The third-order valence-electron chi connectivity index (χ3n) is 3.73. The van der Waals surface area contributed by atoms with Gasteiger partial charge in [-0.05, 0) is 34.2 Å². The third kappa shape index (κ3) is 6.36. The van der Waals surface area contributed by atoms with Gasteiger partial charge in [0.2, 0.25) is 0 Å².